The molecule has 0 radical (unpaired) electrons. The summed E-state index contributed by atoms with van der Waals surface area (Å²) in [5.74, 6) is -0.266. The van der Waals surface area contributed by atoms with Crippen LogP contribution in [-0.2, 0) is 9.59 Å². The van der Waals surface area contributed by atoms with Gasteiger partial charge >= 0.3 is 0 Å². The van der Waals surface area contributed by atoms with Crippen molar-refractivity contribution in [1.82, 2.24) is 4.90 Å². The Balaban J connectivity index is 1.68. The van der Waals surface area contributed by atoms with E-state index in [1.54, 1.807) is 7.05 Å². The van der Waals surface area contributed by atoms with Crippen LogP contribution in [0, 0.1) is 27.7 Å². The van der Waals surface area contributed by atoms with E-state index in [0.29, 0.717) is 5.17 Å². The molecule has 1 fully saturated rings. The number of nitrogens with zero attached hydrogens (tertiary/aromatic N) is 2. The van der Waals surface area contributed by atoms with Gasteiger partial charge in [-0.2, -0.15) is 0 Å². The van der Waals surface area contributed by atoms with Crippen LogP contribution in [0.4, 0.5) is 11.4 Å². The third-order valence-corrected chi connectivity index (χ3v) is 6.25. The monoisotopic (exact) mass is 395 g/mol. The minimum absolute atomic E-state index is 0.0946. The third-order valence-electron chi connectivity index (χ3n) is 5.02. The van der Waals surface area contributed by atoms with E-state index < -0.39 is 5.25 Å². The minimum atomic E-state index is -0.457. The van der Waals surface area contributed by atoms with Gasteiger partial charge in [0.2, 0.25) is 11.8 Å². The van der Waals surface area contributed by atoms with Gasteiger partial charge in [0.1, 0.15) is 5.25 Å². The van der Waals surface area contributed by atoms with Crippen molar-refractivity contribution < 1.29 is 9.59 Å². The van der Waals surface area contributed by atoms with Crippen LogP contribution < -0.4 is 5.32 Å². The zero-order valence-electron chi connectivity index (χ0n) is 16.9. The Morgan fingerprint density at radius 2 is 1.68 bits per heavy atom. The summed E-state index contributed by atoms with van der Waals surface area (Å²) in [5.41, 5.74) is 6.21. The quantitative estimate of drug-likeness (QED) is 0.828. The predicted molar refractivity (Wildman–Crippen MR) is 116 cm³/mol. The highest BCUT2D eigenvalue weighted by Gasteiger charge is 2.37. The van der Waals surface area contributed by atoms with E-state index >= 15 is 0 Å². The molecule has 146 valence electrons. The number of aliphatic imine (C=N–C) groups is 1. The number of amides is 2. The number of thioether (sulfide) groups is 1. The normalized spacial score (nSPS) is 18.0. The number of aryl methyl sites for hydroxylation is 4. The molecular formula is C22H25N3O2S. The first-order valence-electron chi connectivity index (χ1n) is 9.22. The number of benzene rings is 2. The highest BCUT2D eigenvalue weighted by atomic mass is 32.2. The molecule has 0 saturated carbocycles. The first-order chi connectivity index (χ1) is 13.2. The fraction of sp³-hybridized carbons (Fsp3) is 0.318. The average Bonchev–Trinajstić information content (AvgIpc) is 2.89. The van der Waals surface area contributed by atoms with Gasteiger partial charge < -0.3 is 5.32 Å². The summed E-state index contributed by atoms with van der Waals surface area (Å²) in [4.78, 5) is 31.1. The molecule has 3 rings (SSSR count). The molecule has 2 amide bonds. The predicted octanol–water partition coefficient (Wildman–Crippen LogP) is 4.51. The minimum Gasteiger partial charge on any atom is -0.326 e. The summed E-state index contributed by atoms with van der Waals surface area (Å²) in [7, 11) is 1.70. The van der Waals surface area contributed by atoms with E-state index in [4.69, 9.17) is 0 Å². The third kappa shape index (κ3) is 4.44. The van der Waals surface area contributed by atoms with Crippen LogP contribution >= 0.6 is 11.8 Å². The smallest absolute Gasteiger partial charge is 0.242 e. The molecule has 1 N–H and O–H groups in total. The molecule has 0 bridgehead atoms. The Labute approximate surface area is 170 Å². The van der Waals surface area contributed by atoms with Crippen molar-refractivity contribution in [3.63, 3.8) is 0 Å². The molecule has 5 nitrogen and oxygen atoms in total. The van der Waals surface area contributed by atoms with E-state index in [-0.39, 0.29) is 18.2 Å². The lowest BCUT2D eigenvalue weighted by molar-refractivity contribution is -0.127. The van der Waals surface area contributed by atoms with Crippen molar-refractivity contribution in [3.8, 4) is 0 Å². The molecule has 0 aliphatic carbocycles. The molecule has 1 saturated heterocycles. The molecule has 6 heteroatoms. The highest BCUT2D eigenvalue weighted by Crippen LogP contribution is 2.31. The Bertz CT molecular complexity index is 968. The van der Waals surface area contributed by atoms with E-state index in [2.05, 4.69) is 17.2 Å². The summed E-state index contributed by atoms with van der Waals surface area (Å²) in [6.07, 6.45) is 0.118. The van der Waals surface area contributed by atoms with Crippen molar-refractivity contribution in [2.75, 3.05) is 12.4 Å². The van der Waals surface area contributed by atoms with Crippen LogP contribution in [0.3, 0.4) is 0 Å². The van der Waals surface area contributed by atoms with E-state index in [1.807, 2.05) is 57.2 Å². The Hall–Kier alpha value is -2.60. The highest BCUT2D eigenvalue weighted by molar-refractivity contribution is 8.15. The van der Waals surface area contributed by atoms with Crippen LogP contribution in [0.2, 0.25) is 0 Å². The molecule has 1 heterocycles. The maximum absolute atomic E-state index is 12.6. The Morgan fingerprint density at radius 1 is 1.04 bits per heavy atom. The second-order valence-electron chi connectivity index (χ2n) is 7.22. The number of rotatable bonds is 4. The van der Waals surface area contributed by atoms with E-state index in [1.165, 1.54) is 27.8 Å². The lowest BCUT2D eigenvalue weighted by Gasteiger charge is -2.10. The summed E-state index contributed by atoms with van der Waals surface area (Å²) < 4.78 is 0. The number of carbonyl (C=O) groups excluding carboxylic acids is 2. The molecule has 0 aromatic heterocycles. The SMILES string of the molecule is Cc1ccc(N=C2S[C@H](CC(=O)Nc3ccc(C)c(C)c3)C(=O)N2C)cc1C. The molecule has 0 unspecified atom stereocenters. The van der Waals surface area contributed by atoms with Gasteiger partial charge in [-0.3, -0.25) is 14.5 Å². The lowest BCUT2D eigenvalue weighted by Crippen LogP contribution is -2.30. The van der Waals surface area contributed by atoms with Crippen LogP contribution in [0.5, 0.6) is 0 Å². The maximum atomic E-state index is 12.6. The molecule has 1 aliphatic heterocycles. The van der Waals surface area contributed by atoms with E-state index in [0.717, 1.165) is 22.5 Å². The first-order valence-corrected chi connectivity index (χ1v) is 10.1. The second kappa shape index (κ2) is 8.19. The van der Waals surface area contributed by atoms with Gasteiger partial charge in [-0.05, 0) is 74.2 Å². The standard InChI is InChI=1S/C22H25N3O2S/c1-13-6-8-17(10-15(13)3)23-20(26)12-19-21(27)25(5)22(28-19)24-18-9-7-14(2)16(4)11-18/h6-11,19H,12H2,1-5H3,(H,23,26)/t19-/m1/s1. The van der Waals surface area contributed by atoms with Crippen LogP contribution in [0.1, 0.15) is 28.7 Å². The van der Waals surface area contributed by atoms with E-state index in [9.17, 15) is 9.59 Å². The molecule has 1 atom stereocenters. The number of anilines is 1. The summed E-state index contributed by atoms with van der Waals surface area (Å²) >= 11 is 1.34. The summed E-state index contributed by atoms with van der Waals surface area (Å²) in [6, 6.07) is 11.8. The maximum Gasteiger partial charge on any atom is 0.242 e. The number of amidine groups is 1. The average molecular weight is 396 g/mol. The Kier molecular flexibility index (Phi) is 5.89. The van der Waals surface area contributed by atoms with Crippen molar-refractivity contribution in [2.45, 2.75) is 39.4 Å². The van der Waals surface area contributed by atoms with Gasteiger partial charge in [-0.1, -0.05) is 23.9 Å². The van der Waals surface area contributed by atoms with Crippen LogP contribution in [0.25, 0.3) is 0 Å². The topological polar surface area (TPSA) is 61.8 Å². The van der Waals surface area contributed by atoms with Crippen molar-refractivity contribution in [3.05, 3.63) is 58.7 Å². The molecule has 28 heavy (non-hydrogen) atoms. The number of hydrogen-bond donors (Lipinski definition) is 1. The zero-order valence-corrected chi connectivity index (χ0v) is 17.7. The number of hydrogen-bond acceptors (Lipinski definition) is 4. The largest absolute Gasteiger partial charge is 0.326 e. The van der Waals surface area contributed by atoms with Crippen molar-refractivity contribution in [2.24, 2.45) is 4.99 Å². The number of carbonyl (C=O) groups is 2. The second-order valence-corrected chi connectivity index (χ2v) is 8.39. The fourth-order valence-electron chi connectivity index (χ4n) is 2.90. The molecule has 0 spiro atoms. The van der Waals surface area contributed by atoms with Crippen LogP contribution in [0.15, 0.2) is 41.4 Å². The first kappa shape index (κ1) is 20.1. The van der Waals surface area contributed by atoms with Gasteiger partial charge in [-0.15, -0.1) is 0 Å². The number of nitrogens with one attached hydrogen (secondary N) is 1. The van der Waals surface area contributed by atoms with Crippen molar-refractivity contribution in [1.29, 1.82) is 0 Å². The summed E-state index contributed by atoms with van der Waals surface area (Å²) in [6.45, 7) is 8.12. The summed E-state index contributed by atoms with van der Waals surface area (Å²) in [5, 5.41) is 3.05. The molecule has 2 aromatic carbocycles. The Morgan fingerprint density at radius 3 is 2.32 bits per heavy atom. The zero-order chi connectivity index (χ0) is 20.4. The molecule has 2 aromatic rings. The van der Waals surface area contributed by atoms with Gasteiger partial charge in [0.05, 0.1) is 5.69 Å². The fourth-order valence-corrected chi connectivity index (χ4v) is 4.06. The van der Waals surface area contributed by atoms with Gasteiger partial charge in [0.15, 0.2) is 5.17 Å². The van der Waals surface area contributed by atoms with Crippen molar-refractivity contribution >= 4 is 40.1 Å². The van der Waals surface area contributed by atoms with Gasteiger partial charge in [0.25, 0.3) is 0 Å². The van der Waals surface area contributed by atoms with Gasteiger partial charge in [0, 0.05) is 19.2 Å². The molecule has 1 aliphatic rings. The van der Waals surface area contributed by atoms with Crippen LogP contribution in [-0.4, -0.2) is 34.2 Å². The van der Waals surface area contributed by atoms with Gasteiger partial charge in [-0.25, -0.2) is 4.99 Å². The molecular weight excluding hydrogens is 370 g/mol. The lowest BCUT2D eigenvalue weighted by atomic mass is 10.1.